The lowest BCUT2D eigenvalue weighted by atomic mass is 9.85. The summed E-state index contributed by atoms with van der Waals surface area (Å²) in [4.78, 5) is 20.0. The first-order valence-electron chi connectivity index (χ1n) is 10.8. The van der Waals surface area contributed by atoms with E-state index in [9.17, 15) is 23.1 Å². The second kappa shape index (κ2) is 8.48. The molecule has 2 aliphatic rings. The summed E-state index contributed by atoms with van der Waals surface area (Å²) in [6.07, 6.45) is -6.10. The van der Waals surface area contributed by atoms with Gasteiger partial charge in [0.15, 0.2) is 0 Å². The molecule has 33 heavy (non-hydrogen) atoms. The number of aryl methyl sites for hydroxylation is 1. The number of likely N-dealkylation sites (tertiary alicyclic amines) is 1. The minimum absolute atomic E-state index is 0.0107. The van der Waals surface area contributed by atoms with E-state index < -0.39 is 36.3 Å². The van der Waals surface area contributed by atoms with Crippen molar-refractivity contribution in [3.05, 3.63) is 53.4 Å². The normalized spacial score (nSPS) is 26.4. The van der Waals surface area contributed by atoms with Crippen molar-refractivity contribution in [2.75, 3.05) is 6.54 Å². The van der Waals surface area contributed by atoms with Crippen molar-refractivity contribution in [2.24, 2.45) is 11.1 Å². The van der Waals surface area contributed by atoms with Gasteiger partial charge in [0.2, 0.25) is 5.91 Å². The second-order valence-corrected chi connectivity index (χ2v) is 9.03. The summed E-state index contributed by atoms with van der Waals surface area (Å²) in [7, 11) is 0. The number of aliphatic hydroxyl groups excluding tert-OH is 1. The van der Waals surface area contributed by atoms with Crippen LogP contribution in [0.15, 0.2) is 46.1 Å². The van der Waals surface area contributed by atoms with Crippen molar-refractivity contribution in [2.45, 2.75) is 63.5 Å². The van der Waals surface area contributed by atoms with E-state index in [0.717, 1.165) is 0 Å². The Labute approximate surface area is 189 Å². The maximum Gasteiger partial charge on any atom is 0.435 e. The molecule has 1 fully saturated rings. The van der Waals surface area contributed by atoms with E-state index in [2.05, 4.69) is 10.3 Å². The van der Waals surface area contributed by atoms with Crippen molar-refractivity contribution in [1.82, 2.24) is 10.1 Å². The maximum atomic E-state index is 14.2. The van der Waals surface area contributed by atoms with Gasteiger partial charge in [-0.15, -0.1) is 0 Å². The molecule has 7 nitrogen and oxygen atoms in total. The van der Waals surface area contributed by atoms with E-state index in [4.69, 9.17) is 9.36 Å². The van der Waals surface area contributed by atoms with Gasteiger partial charge in [-0.2, -0.15) is 13.2 Å². The van der Waals surface area contributed by atoms with Crippen LogP contribution in [0.25, 0.3) is 0 Å². The van der Waals surface area contributed by atoms with Crippen molar-refractivity contribution >= 4 is 11.6 Å². The Morgan fingerprint density at radius 1 is 1.27 bits per heavy atom. The Kier molecular flexibility index (Phi) is 5.98. The predicted octanol–water partition coefficient (Wildman–Crippen LogP) is 3.92. The van der Waals surface area contributed by atoms with Gasteiger partial charge in [0.25, 0.3) is 5.60 Å². The highest BCUT2D eigenvalue weighted by Crippen LogP contribution is 2.49. The molecule has 0 aliphatic carbocycles. The number of aromatic nitrogens is 1. The number of rotatable bonds is 5. The fraction of sp³-hybridized carbons (Fsp3) is 0.522. The van der Waals surface area contributed by atoms with Gasteiger partial charge in [-0.1, -0.05) is 54.5 Å². The number of β-amino-alcohol motifs (C(OH)–C–C–N with tert-alkyl or cyclic N) is 1. The fourth-order valence-electron chi connectivity index (χ4n) is 4.63. The Morgan fingerprint density at radius 2 is 1.97 bits per heavy atom. The molecule has 2 aliphatic heterocycles. The highest BCUT2D eigenvalue weighted by atomic mass is 19.4. The van der Waals surface area contributed by atoms with Crippen LogP contribution in [-0.4, -0.2) is 51.6 Å². The lowest BCUT2D eigenvalue weighted by Gasteiger charge is -2.31. The minimum Gasteiger partial charge on any atom is -0.391 e. The fourth-order valence-corrected chi connectivity index (χ4v) is 4.63. The van der Waals surface area contributed by atoms with E-state index in [1.54, 1.807) is 19.1 Å². The number of nitrogens with zero attached hydrogens (tertiary/aromatic N) is 3. The first-order chi connectivity index (χ1) is 15.5. The van der Waals surface area contributed by atoms with E-state index in [1.807, 2.05) is 13.8 Å². The van der Waals surface area contributed by atoms with Crippen LogP contribution in [0.4, 0.5) is 13.2 Å². The van der Waals surface area contributed by atoms with E-state index in [0.29, 0.717) is 11.5 Å². The summed E-state index contributed by atoms with van der Waals surface area (Å²) in [5.74, 6) is -0.826. The van der Waals surface area contributed by atoms with Crippen molar-refractivity contribution < 1.29 is 32.4 Å². The molecule has 4 atom stereocenters. The average molecular weight is 465 g/mol. The quantitative estimate of drug-likeness (QED) is 0.723. The number of alkyl halides is 3. The molecule has 4 unspecified atom stereocenters. The summed E-state index contributed by atoms with van der Waals surface area (Å²) in [6, 6.07) is 8.18. The highest BCUT2D eigenvalue weighted by Gasteiger charge is 2.63. The Hall–Kier alpha value is -2.88. The molecule has 1 saturated heterocycles. The molecule has 178 valence electrons. The lowest BCUT2D eigenvalue weighted by Crippen LogP contribution is -2.47. The predicted molar refractivity (Wildman–Crippen MR) is 112 cm³/mol. The molecule has 3 heterocycles. The molecular weight excluding hydrogens is 439 g/mol. The smallest absolute Gasteiger partial charge is 0.391 e. The van der Waals surface area contributed by atoms with Crippen LogP contribution in [0.2, 0.25) is 0 Å². The van der Waals surface area contributed by atoms with Gasteiger partial charge < -0.3 is 19.4 Å². The second-order valence-electron chi connectivity index (χ2n) is 9.03. The van der Waals surface area contributed by atoms with Crippen LogP contribution >= 0.6 is 0 Å². The van der Waals surface area contributed by atoms with E-state index >= 15 is 0 Å². The Morgan fingerprint density at radius 3 is 2.55 bits per heavy atom. The molecule has 0 saturated carbocycles. The third-order valence-corrected chi connectivity index (χ3v) is 6.28. The number of halogens is 3. The van der Waals surface area contributed by atoms with Crippen LogP contribution in [0, 0.1) is 12.8 Å². The number of aliphatic hydroxyl groups is 1. The topological polar surface area (TPSA) is 88.2 Å². The monoisotopic (exact) mass is 465 g/mol. The van der Waals surface area contributed by atoms with Crippen LogP contribution in [0.3, 0.4) is 0 Å². The van der Waals surface area contributed by atoms with Gasteiger partial charge in [-0.3, -0.25) is 4.79 Å². The largest absolute Gasteiger partial charge is 0.435 e. The van der Waals surface area contributed by atoms with Crippen molar-refractivity contribution in [3.63, 3.8) is 0 Å². The summed E-state index contributed by atoms with van der Waals surface area (Å²) in [6.45, 7) is 5.43. The summed E-state index contributed by atoms with van der Waals surface area (Å²) < 4.78 is 47.9. The number of oxime groups is 1. The van der Waals surface area contributed by atoms with Crippen LogP contribution in [-0.2, 0) is 15.2 Å². The zero-order valence-corrected chi connectivity index (χ0v) is 18.5. The molecule has 1 aromatic carbocycles. The first kappa shape index (κ1) is 23.3. The Bertz CT molecular complexity index is 1040. The molecule has 0 spiro atoms. The Balaban J connectivity index is 1.64. The van der Waals surface area contributed by atoms with E-state index in [-0.39, 0.29) is 36.1 Å². The minimum atomic E-state index is -4.73. The van der Waals surface area contributed by atoms with Gasteiger partial charge in [-0.05, 0) is 12.8 Å². The van der Waals surface area contributed by atoms with Gasteiger partial charge in [0.05, 0.1) is 23.6 Å². The molecule has 2 aromatic rings. The number of carbonyl (C=O) groups excluding carboxylic acids is 1. The number of carbonyl (C=O) groups is 1. The molecule has 0 radical (unpaired) electrons. The lowest BCUT2D eigenvalue weighted by molar-refractivity contribution is -0.275. The van der Waals surface area contributed by atoms with Gasteiger partial charge >= 0.3 is 6.18 Å². The number of hydrogen-bond donors (Lipinski definition) is 1. The third-order valence-electron chi connectivity index (χ3n) is 6.28. The van der Waals surface area contributed by atoms with Crippen LogP contribution in [0.1, 0.15) is 49.6 Å². The van der Waals surface area contributed by atoms with Crippen LogP contribution < -0.4 is 0 Å². The van der Waals surface area contributed by atoms with Gasteiger partial charge in [0, 0.05) is 31.0 Å². The van der Waals surface area contributed by atoms with Crippen molar-refractivity contribution in [1.29, 1.82) is 0 Å². The number of hydrogen-bond acceptors (Lipinski definition) is 6. The number of benzene rings is 1. The average Bonchev–Trinajstić information content (AvgIpc) is 3.46. The zero-order chi connectivity index (χ0) is 24.0. The molecule has 4 rings (SSSR count). The number of amides is 1. The zero-order valence-electron chi connectivity index (χ0n) is 18.5. The third kappa shape index (κ3) is 4.12. The molecule has 1 aromatic heterocycles. The molecular formula is C23H26F3N3O4. The summed E-state index contributed by atoms with van der Waals surface area (Å²) in [5.41, 5.74) is -2.00. The van der Waals surface area contributed by atoms with Gasteiger partial charge in [0.1, 0.15) is 11.7 Å². The molecule has 1 amide bonds. The SMILES string of the molecule is Cc1cc(C(C(=O)N2CC(O)CC2C2=NOC(c3ccccc3)(C(F)(F)F)C2)C(C)C)on1. The molecule has 10 heteroatoms. The molecule has 1 N–H and O–H groups in total. The first-order valence-corrected chi connectivity index (χ1v) is 10.8. The van der Waals surface area contributed by atoms with Crippen LogP contribution in [0.5, 0.6) is 0 Å². The summed E-state index contributed by atoms with van der Waals surface area (Å²) in [5, 5.41) is 18.0. The highest BCUT2D eigenvalue weighted by molar-refractivity contribution is 5.96. The summed E-state index contributed by atoms with van der Waals surface area (Å²) >= 11 is 0. The molecule has 0 bridgehead atoms. The van der Waals surface area contributed by atoms with Crippen molar-refractivity contribution in [3.8, 4) is 0 Å². The standard InChI is InChI=1S/C23H26F3N3O4/c1-13(2)20(19-9-14(3)27-32-19)21(31)29-12-16(30)10-18(29)17-11-22(33-28-17,23(24,25)26)15-7-5-4-6-8-15/h4-9,13,16,18,20,30H,10-12H2,1-3H3. The van der Waals surface area contributed by atoms with E-state index in [1.165, 1.54) is 29.2 Å². The van der Waals surface area contributed by atoms with Gasteiger partial charge in [-0.25, -0.2) is 0 Å². The maximum absolute atomic E-state index is 14.2.